The predicted molar refractivity (Wildman–Crippen MR) is 84.1 cm³/mol. The number of rotatable bonds is 6. The van der Waals surface area contributed by atoms with Gasteiger partial charge in [-0.25, -0.2) is 9.18 Å². The molecule has 1 fully saturated rings. The van der Waals surface area contributed by atoms with Crippen LogP contribution in [0.4, 0.5) is 4.39 Å². The molecule has 0 spiro atoms. The van der Waals surface area contributed by atoms with Crippen molar-refractivity contribution in [3.63, 3.8) is 0 Å². The molecular weight excluding hydrogens is 327 g/mol. The van der Waals surface area contributed by atoms with Gasteiger partial charge in [0, 0.05) is 0 Å². The molecule has 1 aromatic rings. The van der Waals surface area contributed by atoms with Gasteiger partial charge in [-0.3, -0.25) is 4.79 Å². The van der Waals surface area contributed by atoms with Crippen LogP contribution in [-0.2, 0) is 14.3 Å². The lowest BCUT2D eigenvalue weighted by molar-refractivity contribution is -0.148. The first kappa shape index (κ1) is 19.2. The van der Waals surface area contributed by atoms with E-state index in [-0.39, 0.29) is 30.9 Å². The van der Waals surface area contributed by atoms with Crippen LogP contribution in [0.25, 0.3) is 0 Å². The first-order valence-corrected chi connectivity index (χ1v) is 7.11. The van der Waals surface area contributed by atoms with E-state index in [0.717, 1.165) is 19.4 Å². The number of methoxy groups -OCH3 is 1. The maximum atomic E-state index is 12.9. The highest BCUT2D eigenvalue weighted by atomic mass is 35.5. The third-order valence-corrected chi connectivity index (χ3v) is 3.39. The Balaban J connectivity index is 0.00000264. The molecule has 1 aromatic carbocycles. The first-order valence-electron chi connectivity index (χ1n) is 7.11. The summed E-state index contributed by atoms with van der Waals surface area (Å²) < 4.78 is 23.0. The minimum atomic E-state index is -0.985. The Morgan fingerprint density at radius 3 is 2.65 bits per heavy atom. The fourth-order valence-corrected chi connectivity index (χ4v) is 2.21. The van der Waals surface area contributed by atoms with Crippen LogP contribution in [0.3, 0.4) is 0 Å². The zero-order chi connectivity index (χ0) is 15.9. The smallest absolute Gasteiger partial charge is 0.348 e. The van der Waals surface area contributed by atoms with Crippen molar-refractivity contribution in [3.8, 4) is 5.75 Å². The lowest BCUT2D eigenvalue weighted by Crippen LogP contribution is -2.46. The summed E-state index contributed by atoms with van der Waals surface area (Å²) in [6.45, 7) is 0.797. The summed E-state index contributed by atoms with van der Waals surface area (Å²) in [4.78, 5) is 23.7. The van der Waals surface area contributed by atoms with Gasteiger partial charge in [-0.05, 0) is 43.7 Å². The van der Waals surface area contributed by atoms with E-state index < -0.39 is 17.9 Å². The van der Waals surface area contributed by atoms with E-state index in [1.165, 1.54) is 31.4 Å². The van der Waals surface area contributed by atoms with Crippen LogP contribution in [0.15, 0.2) is 24.3 Å². The number of hydrogen-bond acceptors (Lipinski definition) is 5. The van der Waals surface area contributed by atoms with Gasteiger partial charge in [-0.15, -0.1) is 12.4 Å². The molecule has 1 amide bonds. The van der Waals surface area contributed by atoms with E-state index in [4.69, 9.17) is 4.74 Å². The second-order valence-electron chi connectivity index (χ2n) is 4.98. The number of amides is 1. The highest BCUT2D eigenvalue weighted by Gasteiger charge is 2.26. The van der Waals surface area contributed by atoms with Gasteiger partial charge in [0.1, 0.15) is 11.6 Å². The molecule has 2 rings (SSSR count). The van der Waals surface area contributed by atoms with Crippen molar-refractivity contribution in [3.05, 3.63) is 30.1 Å². The number of carbonyl (C=O) groups is 2. The van der Waals surface area contributed by atoms with Crippen molar-refractivity contribution in [2.45, 2.75) is 25.0 Å². The van der Waals surface area contributed by atoms with Crippen molar-refractivity contribution in [2.24, 2.45) is 0 Å². The normalized spacial score (nSPS) is 17.7. The molecule has 1 aliphatic rings. The van der Waals surface area contributed by atoms with Crippen LogP contribution in [0.5, 0.6) is 5.75 Å². The molecule has 0 bridgehead atoms. The summed E-state index contributed by atoms with van der Waals surface area (Å²) in [5, 5.41) is 5.74. The van der Waals surface area contributed by atoms with Crippen LogP contribution in [0.1, 0.15) is 12.8 Å². The molecule has 0 aromatic heterocycles. The summed E-state index contributed by atoms with van der Waals surface area (Å²) in [6.07, 6.45) is 0.735. The van der Waals surface area contributed by atoms with Gasteiger partial charge in [0.05, 0.1) is 19.7 Å². The van der Waals surface area contributed by atoms with Crippen molar-refractivity contribution in [1.82, 2.24) is 10.6 Å². The average Bonchev–Trinajstić information content (AvgIpc) is 3.06. The minimum absolute atomic E-state index is 0. The molecule has 0 aliphatic carbocycles. The summed E-state index contributed by atoms with van der Waals surface area (Å²) in [5.41, 5.74) is 0. The fourth-order valence-electron chi connectivity index (χ4n) is 2.21. The third kappa shape index (κ3) is 5.69. The Labute approximate surface area is 140 Å². The number of carbonyl (C=O) groups excluding carboxylic acids is 2. The second kappa shape index (κ2) is 9.32. The topological polar surface area (TPSA) is 76.7 Å². The molecule has 2 N–H and O–H groups in total. The second-order valence-corrected chi connectivity index (χ2v) is 4.98. The van der Waals surface area contributed by atoms with E-state index in [1.54, 1.807) is 0 Å². The Hall–Kier alpha value is -1.86. The van der Waals surface area contributed by atoms with Crippen molar-refractivity contribution >= 4 is 24.3 Å². The summed E-state index contributed by atoms with van der Waals surface area (Å²) in [5.74, 6) is -0.856. The minimum Gasteiger partial charge on any atom is -0.477 e. The third-order valence-electron chi connectivity index (χ3n) is 3.39. The zero-order valence-electron chi connectivity index (χ0n) is 12.7. The van der Waals surface area contributed by atoms with Crippen LogP contribution in [0.2, 0.25) is 0 Å². The van der Waals surface area contributed by atoms with Crippen LogP contribution < -0.4 is 15.4 Å². The molecule has 1 heterocycles. The van der Waals surface area contributed by atoms with Crippen molar-refractivity contribution in [1.29, 1.82) is 0 Å². The number of halogens is 2. The van der Waals surface area contributed by atoms with Gasteiger partial charge in [0.15, 0.2) is 0 Å². The van der Waals surface area contributed by atoms with E-state index in [0.29, 0.717) is 5.75 Å². The number of nitrogens with one attached hydrogen (secondary N) is 2. The van der Waals surface area contributed by atoms with E-state index in [1.807, 2.05) is 0 Å². The quantitative estimate of drug-likeness (QED) is 0.753. The number of hydrogen-bond donors (Lipinski definition) is 2. The van der Waals surface area contributed by atoms with Gasteiger partial charge in [0.25, 0.3) is 0 Å². The Morgan fingerprint density at radius 2 is 2.09 bits per heavy atom. The maximum Gasteiger partial charge on any atom is 0.348 e. The number of ether oxygens (including phenoxy) is 2. The largest absolute Gasteiger partial charge is 0.477 e. The molecule has 0 radical (unpaired) electrons. The van der Waals surface area contributed by atoms with Crippen molar-refractivity contribution < 1.29 is 23.5 Å². The zero-order valence-corrected chi connectivity index (χ0v) is 13.5. The standard InChI is InChI=1S/C15H19FN2O4.ClH/c1-21-15(20)13(22-11-6-4-10(16)5-7-11)9-18-14(19)12-3-2-8-17-12;/h4-7,12-13,17H,2-3,8-9H2,1H3,(H,18,19);1H. The Morgan fingerprint density at radius 1 is 1.39 bits per heavy atom. The molecule has 2 atom stereocenters. The summed E-state index contributed by atoms with van der Waals surface area (Å²) in [6, 6.07) is 5.04. The van der Waals surface area contributed by atoms with Gasteiger partial charge in [0.2, 0.25) is 12.0 Å². The molecule has 2 unspecified atom stereocenters. The van der Waals surface area contributed by atoms with Gasteiger partial charge in [-0.2, -0.15) is 0 Å². The lowest BCUT2D eigenvalue weighted by Gasteiger charge is -2.19. The van der Waals surface area contributed by atoms with Gasteiger partial charge in [-0.1, -0.05) is 0 Å². The van der Waals surface area contributed by atoms with Gasteiger partial charge < -0.3 is 20.1 Å². The van der Waals surface area contributed by atoms with Crippen LogP contribution in [-0.4, -0.2) is 44.2 Å². The molecule has 6 nitrogen and oxygen atoms in total. The lowest BCUT2D eigenvalue weighted by atomic mass is 10.2. The highest BCUT2D eigenvalue weighted by Crippen LogP contribution is 2.13. The fraction of sp³-hybridized carbons (Fsp3) is 0.467. The predicted octanol–water partition coefficient (Wildman–Crippen LogP) is 1.04. The molecule has 1 aliphatic heterocycles. The van der Waals surface area contributed by atoms with Crippen LogP contribution in [0, 0.1) is 5.82 Å². The first-order chi connectivity index (χ1) is 10.6. The van der Waals surface area contributed by atoms with E-state index >= 15 is 0 Å². The summed E-state index contributed by atoms with van der Waals surface area (Å²) in [7, 11) is 1.24. The van der Waals surface area contributed by atoms with E-state index in [9.17, 15) is 14.0 Å². The molecule has 8 heteroatoms. The SMILES string of the molecule is COC(=O)C(CNC(=O)C1CCCN1)Oc1ccc(F)cc1.Cl. The Bertz CT molecular complexity index is 521. The molecule has 128 valence electrons. The van der Waals surface area contributed by atoms with Gasteiger partial charge >= 0.3 is 5.97 Å². The van der Waals surface area contributed by atoms with Crippen LogP contribution >= 0.6 is 12.4 Å². The molecule has 0 saturated carbocycles. The number of esters is 1. The highest BCUT2D eigenvalue weighted by molar-refractivity contribution is 5.85. The van der Waals surface area contributed by atoms with E-state index in [2.05, 4.69) is 15.4 Å². The summed E-state index contributed by atoms with van der Waals surface area (Å²) >= 11 is 0. The molecule has 23 heavy (non-hydrogen) atoms. The molecular formula is C15H20ClFN2O4. The number of benzene rings is 1. The maximum absolute atomic E-state index is 12.9. The monoisotopic (exact) mass is 346 g/mol. The average molecular weight is 347 g/mol. The van der Waals surface area contributed by atoms with Crippen molar-refractivity contribution in [2.75, 3.05) is 20.2 Å². The Kier molecular flexibility index (Phi) is 7.77. The molecule has 1 saturated heterocycles.